The van der Waals surface area contributed by atoms with Gasteiger partial charge in [0.05, 0.1) is 16.9 Å². The lowest BCUT2D eigenvalue weighted by molar-refractivity contribution is -0.00139. The molecule has 1 fully saturated rings. The summed E-state index contributed by atoms with van der Waals surface area (Å²) < 4.78 is 1.66. The van der Waals surface area contributed by atoms with Gasteiger partial charge in [0, 0.05) is 7.05 Å². The largest absolute Gasteiger partial charge is 0.383 e. The minimum absolute atomic E-state index is 0.553. The molecule has 4 nitrogen and oxygen atoms in total. The highest BCUT2D eigenvalue weighted by molar-refractivity contribution is 6.31. The normalized spacial score (nSPS) is 21.1. The summed E-state index contributed by atoms with van der Waals surface area (Å²) in [4.78, 5) is 0. The summed E-state index contributed by atoms with van der Waals surface area (Å²) in [6.07, 6.45) is 2.95. The molecule has 0 amide bonds. The minimum atomic E-state index is -0.812. The number of aromatic nitrogens is 2. The highest BCUT2D eigenvalue weighted by Gasteiger charge is 2.35. The first-order valence-corrected chi connectivity index (χ1v) is 5.12. The summed E-state index contributed by atoms with van der Waals surface area (Å²) >= 11 is 6.00. The molecule has 1 aliphatic heterocycles. The SMILES string of the molecule is Cn1ncc(Cl)c1C1(O)CCNCC1. The van der Waals surface area contributed by atoms with Crippen molar-refractivity contribution in [2.75, 3.05) is 13.1 Å². The van der Waals surface area contributed by atoms with E-state index in [4.69, 9.17) is 11.6 Å². The zero-order valence-electron chi connectivity index (χ0n) is 8.13. The third-order valence-electron chi connectivity index (χ3n) is 2.77. The third-order valence-corrected chi connectivity index (χ3v) is 3.04. The first kappa shape index (κ1) is 9.96. The third kappa shape index (κ3) is 1.54. The van der Waals surface area contributed by atoms with Crippen LogP contribution in [0.1, 0.15) is 18.5 Å². The first-order valence-electron chi connectivity index (χ1n) is 4.74. The monoisotopic (exact) mass is 215 g/mol. The summed E-state index contributed by atoms with van der Waals surface area (Å²) in [5, 5.41) is 18.2. The second kappa shape index (κ2) is 3.53. The van der Waals surface area contributed by atoms with Crippen LogP contribution in [0.2, 0.25) is 5.02 Å². The van der Waals surface area contributed by atoms with E-state index < -0.39 is 5.60 Å². The molecule has 1 aromatic rings. The topological polar surface area (TPSA) is 50.1 Å². The Balaban J connectivity index is 2.36. The van der Waals surface area contributed by atoms with Crippen molar-refractivity contribution in [2.45, 2.75) is 18.4 Å². The van der Waals surface area contributed by atoms with E-state index in [-0.39, 0.29) is 0 Å². The van der Waals surface area contributed by atoms with Gasteiger partial charge in [0.1, 0.15) is 5.60 Å². The molecule has 0 radical (unpaired) electrons. The molecular formula is C9H14ClN3O. The van der Waals surface area contributed by atoms with Gasteiger partial charge in [0.15, 0.2) is 0 Å². The van der Waals surface area contributed by atoms with E-state index in [1.165, 1.54) is 0 Å². The van der Waals surface area contributed by atoms with Crippen molar-refractivity contribution >= 4 is 11.6 Å². The van der Waals surface area contributed by atoms with Gasteiger partial charge in [-0.2, -0.15) is 5.10 Å². The van der Waals surface area contributed by atoms with Crippen LogP contribution in [0.25, 0.3) is 0 Å². The number of piperidine rings is 1. The predicted octanol–water partition coefficient (Wildman–Crippen LogP) is 0.644. The summed E-state index contributed by atoms with van der Waals surface area (Å²) in [7, 11) is 1.81. The number of nitrogens with zero attached hydrogens (tertiary/aromatic N) is 2. The van der Waals surface area contributed by atoms with E-state index in [1.807, 2.05) is 0 Å². The molecule has 14 heavy (non-hydrogen) atoms. The van der Waals surface area contributed by atoms with Gasteiger partial charge >= 0.3 is 0 Å². The van der Waals surface area contributed by atoms with Gasteiger partial charge in [0.25, 0.3) is 0 Å². The van der Waals surface area contributed by atoms with Crippen molar-refractivity contribution in [1.82, 2.24) is 15.1 Å². The van der Waals surface area contributed by atoms with Crippen molar-refractivity contribution < 1.29 is 5.11 Å². The standard InChI is InChI=1S/C9H14ClN3O/c1-13-8(7(10)6-12-13)9(14)2-4-11-5-3-9/h6,11,14H,2-5H2,1H3. The average molecular weight is 216 g/mol. The van der Waals surface area contributed by atoms with Crippen molar-refractivity contribution in [3.8, 4) is 0 Å². The second-order valence-electron chi connectivity index (χ2n) is 3.75. The zero-order chi connectivity index (χ0) is 10.2. The maximum atomic E-state index is 10.4. The van der Waals surface area contributed by atoms with Crippen LogP contribution in [-0.2, 0) is 12.6 Å². The maximum absolute atomic E-state index is 10.4. The molecule has 0 unspecified atom stereocenters. The summed E-state index contributed by atoms with van der Waals surface area (Å²) in [5.74, 6) is 0. The van der Waals surface area contributed by atoms with Gasteiger partial charge in [-0.05, 0) is 25.9 Å². The summed E-state index contributed by atoms with van der Waals surface area (Å²) in [5.41, 5.74) is -0.0752. The van der Waals surface area contributed by atoms with Gasteiger partial charge in [-0.15, -0.1) is 0 Å². The molecule has 2 rings (SSSR count). The van der Waals surface area contributed by atoms with Crippen LogP contribution in [0.15, 0.2) is 6.20 Å². The van der Waals surface area contributed by atoms with Gasteiger partial charge in [-0.1, -0.05) is 11.6 Å². The Bertz CT molecular complexity index is 311. The van der Waals surface area contributed by atoms with Crippen molar-refractivity contribution in [3.63, 3.8) is 0 Å². The average Bonchev–Trinajstić information content (AvgIpc) is 2.48. The fraction of sp³-hybridized carbons (Fsp3) is 0.667. The molecule has 0 aromatic carbocycles. The second-order valence-corrected chi connectivity index (χ2v) is 4.15. The van der Waals surface area contributed by atoms with Gasteiger partial charge in [-0.25, -0.2) is 0 Å². The van der Waals surface area contributed by atoms with Crippen molar-refractivity contribution in [3.05, 3.63) is 16.9 Å². The molecule has 78 valence electrons. The fourth-order valence-corrected chi connectivity index (χ4v) is 2.35. The Kier molecular flexibility index (Phi) is 2.51. The molecule has 0 spiro atoms. The van der Waals surface area contributed by atoms with Crippen LogP contribution in [0.5, 0.6) is 0 Å². The van der Waals surface area contributed by atoms with Crippen LogP contribution in [0, 0.1) is 0 Å². The summed E-state index contributed by atoms with van der Waals surface area (Å²) in [6, 6.07) is 0. The number of rotatable bonds is 1. The Morgan fingerprint density at radius 2 is 2.21 bits per heavy atom. The maximum Gasteiger partial charge on any atom is 0.110 e. The van der Waals surface area contributed by atoms with Crippen LogP contribution in [0.4, 0.5) is 0 Å². The van der Waals surface area contributed by atoms with E-state index in [9.17, 15) is 5.11 Å². The van der Waals surface area contributed by atoms with E-state index in [0.29, 0.717) is 17.9 Å². The zero-order valence-corrected chi connectivity index (χ0v) is 8.88. The summed E-state index contributed by atoms with van der Waals surface area (Å²) in [6.45, 7) is 1.63. The predicted molar refractivity (Wildman–Crippen MR) is 54.2 cm³/mol. The number of aliphatic hydroxyl groups is 1. The smallest absolute Gasteiger partial charge is 0.110 e. The van der Waals surface area contributed by atoms with E-state index >= 15 is 0 Å². The molecule has 2 heterocycles. The lowest BCUT2D eigenvalue weighted by Gasteiger charge is -2.32. The lowest BCUT2D eigenvalue weighted by Crippen LogP contribution is -2.41. The van der Waals surface area contributed by atoms with Gasteiger partial charge < -0.3 is 10.4 Å². The molecule has 5 heteroatoms. The number of hydrogen-bond donors (Lipinski definition) is 2. The Labute approximate surface area is 87.9 Å². The number of aryl methyl sites for hydroxylation is 1. The van der Waals surface area contributed by atoms with Gasteiger partial charge in [0.2, 0.25) is 0 Å². The Morgan fingerprint density at radius 3 is 2.71 bits per heavy atom. The highest BCUT2D eigenvalue weighted by atomic mass is 35.5. The molecule has 1 aliphatic rings. The van der Waals surface area contributed by atoms with E-state index in [0.717, 1.165) is 18.8 Å². The van der Waals surface area contributed by atoms with E-state index in [1.54, 1.807) is 17.9 Å². The van der Waals surface area contributed by atoms with Crippen LogP contribution < -0.4 is 5.32 Å². The lowest BCUT2D eigenvalue weighted by atomic mass is 9.89. The minimum Gasteiger partial charge on any atom is -0.383 e. The van der Waals surface area contributed by atoms with Crippen LogP contribution >= 0.6 is 11.6 Å². The molecule has 1 saturated heterocycles. The molecular weight excluding hydrogens is 202 g/mol. The van der Waals surface area contributed by atoms with Crippen LogP contribution in [-0.4, -0.2) is 28.0 Å². The van der Waals surface area contributed by atoms with Crippen molar-refractivity contribution in [1.29, 1.82) is 0 Å². The molecule has 0 atom stereocenters. The first-order chi connectivity index (χ1) is 6.63. The quantitative estimate of drug-likeness (QED) is 0.723. The number of halogens is 1. The van der Waals surface area contributed by atoms with E-state index in [2.05, 4.69) is 10.4 Å². The van der Waals surface area contributed by atoms with Crippen LogP contribution in [0.3, 0.4) is 0 Å². The molecule has 0 bridgehead atoms. The Hall–Kier alpha value is -0.580. The molecule has 1 aromatic heterocycles. The van der Waals surface area contributed by atoms with Gasteiger partial charge in [-0.3, -0.25) is 4.68 Å². The molecule has 0 aliphatic carbocycles. The number of hydrogen-bond acceptors (Lipinski definition) is 3. The fourth-order valence-electron chi connectivity index (χ4n) is 2.01. The highest BCUT2D eigenvalue weighted by Crippen LogP contribution is 2.34. The number of nitrogens with one attached hydrogen (secondary N) is 1. The molecule has 0 saturated carbocycles. The Morgan fingerprint density at radius 1 is 1.57 bits per heavy atom. The van der Waals surface area contributed by atoms with Crippen molar-refractivity contribution in [2.24, 2.45) is 7.05 Å². The molecule has 2 N–H and O–H groups in total.